The lowest BCUT2D eigenvalue weighted by Gasteiger charge is -2.31. The predicted molar refractivity (Wildman–Crippen MR) is 140 cm³/mol. The van der Waals surface area contributed by atoms with E-state index >= 15 is 0 Å². The fraction of sp³-hybridized carbons (Fsp3) is 0.167. The lowest BCUT2D eigenvalue weighted by atomic mass is 9.94. The van der Waals surface area contributed by atoms with Crippen LogP contribution in [0, 0.1) is 13.8 Å². The fourth-order valence-electron chi connectivity index (χ4n) is 4.78. The molecule has 180 valence electrons. The molecule has 0 unspecified atom stereocenters. The molecular weight excluding hydrogens is 452 g/mol. The molecule has 0 spiro atoms. The summed E-state index contributed by atoms with van der Waals surface area (Å²) in [5.74, 6) is -0.398. The highest BCUT2D eigenvalue weighted by Crippen LogP contribution is 2.33. The number of hydrogen-bond acceptors (Lipinski definition) is 4. The minimum absolute atomic E-state index is 0.0387. The lowest BCUT2D eigenvalue weighted by Crippen LogP contribution is -2.46. The Balaban J connectivity index is 1.52. The van der Waals surface area contributed by atoms with E-state index in [9.17, 15) is 14.4 Å². The van der Waals surface area contributed by atoms with E-state index in [4.69, 9.17) is 4.74 Å². The number of benzene rings is 4. The lowest BCUT2D eigenvalue weighted by molar-refractivity contribution is 0.0611. The van der Waals surface area contributed by atoms with Crippen LogP contribution in [0.3, 0.4) is 0 Å². The topological polar surface area (TPSA) is 66.9 Å². The van der Waals surface area contributed by atoms with E-state index in [0.29, 0.717) is 33.5 Å². The monoisotopic (exact) mass is 478 g/mol. The van der Waals surface area contributed by atoms with Crippen molar-refractivity contribution in [1.29, 1.82) is 0 Å². The Labute approximate surface area is 209 Å². The van der Waals surface area contributed by atoms with Gasteiger partial charge in [0.05, 0.1) is 12.8 Å². The van der Waals surface area contributed by atoms with Crippen molar-refractivity contribution in [1.82, 2.24) is 4.90 Å². The molecule has 3 amide bonds. The summed E-state index contributed by atoms with van der Waals surface area (Å²) < 4.78 is 5.60. The second kappa shape index (κ2) is 9.30. The zero-order chi connectivity index (χ0) is 25.4. The number of amides is 3. The van der Waals surface area contributed by atoms with Crippen LogP contribution in [0.2, 0.25) is 0 Å². The number of nitrogens with zero attached hydrogens (tertiary/aromatic N) is 2. The number of methoxy groups -OCH3 is 1. The third-order valence-corrected chi connectivity index (χ3v) is 6.65. The first-order valence-corrected chi connectivity index (χ1v) is 11.8. The molecular formula is C30H26N2O4. The van der Waals surface area contributed by atoms with Crippen molar-refractivity contribution in [3.05, 3.63) is 107 Å². The van der Waals surface area contributed by atoms with E-state index in [1.54, 1.807) is 30.2 Å². The Morgan fingerprint density at radius 3 is 2.17 bits per heavy atom. The van der Waals surface area contributed by atoms with Crippen molar-refractivity contribution in [2.24, 2.45) is 0 Å². The van der Waals surface area contributed by atoms with Crippen molar-refractivity contribution in [2.75, 3.05) is 25.1 Å². The molecule has 0 aliphatic carbocycles. The Morgan fingerprint density at radius 2 is 1.53 bits per heavy atom. The van der Waals surface area contributed by atoms with E-state index in [2.05, 4.69) is 0 Å². The number of carbonyl (C=O) groups is 3. The van der Waals surface area contributed by atoms with Crippen LogP contribution >= 0.6 is 0 Å². The quantitative estimate of drug-likeness (QED) is 0.348. The van der Waals surface area contributed by atoms with Crippen LogP contribution in [0.15, 0.2) is 78.9 Å². The minimum Gasteiger partial charge on any atom is -0.495 e. The molecule has 36 heavy (non-hydrogen) atoms. The van der Waals surface area contributed by atoms with Gasteiger partial charge in [-0.1, -0.05) is 48.5 Å². The highest BCUT2D eigenvalue weighted by Gasteiger charge is 2.33. The van der Waals surface area contributed by atoms with Crippen LogP contribution < -0.4 is 9.64 Å². The third kappa shape index (κ3) is 3.90. The summed E-state index contributed by atoms with van der Waals surface area (Å²) in [6, 6.07) is 23.9. The Kier molecular flexibility index (Phi) is 6.02. The van der Waals surface area contributed by atoms with Gasteiger partial charge >= 0.3 is 0 Å². The average Bonchev–Trinajstić information content (AvgIpc) is 2.89. The van der Waals surface area contributed by atoms with Gasteiger partial charge in [0.25, 0.3) is 17.7 Å². The second-order valence-electron chi connectivity index (χ2n) is 8.92. The molecule has 4 aromatic rings. The van der Waals surface area contributed by atoms with Gasteiger partial charge in [0.2, 0.25) is 0 Å². The number of aryl methyl sites for hydroxylation is 2. The molecule has 0 atom stereocenters. The molecule has 0 aromatic heterocycles. The first-order valence-electron chi connectivity index (χ1n) is 11.8. The average molecular weight is 479 g/mol. The molecule has 4 aromatic carbocycles. The van der Waals surface area contributed by atoms with Gasteiger partial charge in [0.15, 0.2) is 0 Å². The first-order chi connectivity index (χ1) is 17.4. The van der Waals surface area contributed by atoms with Gasteiger partial charge in [-0.3, -0.25) is 19.3 Å². The molecule has 0 N–H and O–H groups in total. The SMILES string of the molecule is COc1cc(C)ccc1N(CCN1C(=O)c2cccc3cccc(c23)C1=O)C(=O)c1ccccc1C. The van der Waals surface area contributed by atoms with E-state index in [1.807, 2.05) is 74.5 Å². The summed E-state index contributed by atoms with van der Waals surface area (Å²) in [5, 5.41) is 1.53. The Bertz CT molecular complexity index is 1470. The predicted octanol–water partition coefficient (Wildman–Crippen LogP) is 5.41. The minimum atomic E-state index is -0.358. The molecule has 0 radical (unpaired) electrons. The first kappa shape index (κ1) is 23.3. The molecule has 0 bridgehead atoms. The largest absolute Gasteiger partial charge is 0.495 e. The van der Waals surface area contributed by atoms with Crippen LogP contribution in [0.5, 0.6) is 5.75 Å². The molecule has 1 heterocycles. The fourth-order valence-corrected chi connectivity index (χ4v) is 4.78. The molecule has 6 nitrogen and oxygen atoms in total. The summed E-state index contributed by atoms with van der Waals surface area (Å²) in [6.07, 6.45) is 0. The number of carbonyl (C=O) groups excluding carboxylic acids is 3. The normalized spacial score (nSPS) is 12.7. The van der Waals surface area contributed by atoms with Gasteiger partial charge < -0.3 is 9.64 Å². The molecule has 6 heteroatoms. The second-order valence-corrected chi connectivity index (χ2v) is 8.92. The summed E-state index contributed by atoms with van der Waals surface area (Å²) in [4.78, 5) is 43.4. The van der Waals surface area contributed by atoms with Gasteiger partial charge in [-0.25, -0.2) is 0 Å². The maximum absolute atomic E-state index is 13.8. The third-order valence-electron chi connectivity index (χ3n) is 6.65. The Hall–Kier alpha value is -4.45. The van der Waals surface area contributed by atoms with Crippen LogP contribution in [0.25, 0.3) is 10.8 Å². The maximum Gasteiger partial charge on any atom is 0.261 e. The molecule has 1 aliphatic rings. The standard InChI is InChI=1S/C30H26N2O4/c1-19-14-15-25(26(18-19)36-3)31(28(33)22-11-5-4-8-20(22)2)16-17-32-29(34)23-12-6-9-21-10-7-13-24(27(21)23)30(32)35/h4-15,18H,16-17H2,1-3H3. The van der Waals surface area contributed by atoms with Crippen molar-refractivity contribution < 1.29 is 19.1 Å². The van der Waals surface area contributed by atoms with E-state index in [0.717, 1.165) is 16.5 Å². The van der Waals surface area contributed by atoms with Crippen molar-refractivity contribution in [2.45, 2.75) is 13.8 Å². The molecule has 0 saturated heterocycles. The maximum atomic E-state index is 13.8. The summed E-state index contributed by atoms with van der Waals surface area (Å²) in [6.45, 7) is 3.98. The summed E-state index contributed by atoms with van der Waals surface area (Å²) in [5.41, 5.74) is 3.94. The van der Waals surface area contributed by atoms with Gasteiger partial charge in [-0.05, 0) is 60.7 Å². The van der Waals surface area contributed by atoms with Crippen molar-refractivity contribution >= 4 is 34.2 Å². The number of ether oxygens (including phenoxy) is 1. The van der Waals surface area contributed by atoms with Crippen LogP contribution in [0.4, 0.5) is 5.69 Å². The van der Waals surface area contributed by atoms with Gasteiger partial charge in [-0.15, -0.1) is 0 Å². The van der Waals surface area contributed by atoms with Gasteiger partial charge in [-0.2, -0.15) is 0 Å². The van der Waals surface area contributed by atoms with E-state index in [-0.39, 0.29) is 30.8 Å². The van der Waals surface area contributed by atoms with Crippen LogP contribution in [-0.2, 0) is 0 Å². The Morgan fingerprint density at radius 1 is 0.861 bits per heavy atom. The number of hydrogen-bond donors (Lipinski definition) is 0. The molecule has 0 fully saturated rings. The number of rotatable bonds is 6. The number of anilines is 1. The summed E-state index contributed by atoms with van der Waals surface area (Å²) >= 11 is 0. The highest BCUT2D eigenvalue weighted by molar-refractivity contribution is 6.25. The smallest absolute Gasteiger partial charge is 0.261 e. The molecule has 5 rings (SSSR count). The van der Waals surface area contributed by atoms with E-state index in [1.165, 1.54) is 4.90 Å². The number of imide groups is 1. The molecule has 0 saturated carbocycles. The van der Waals surface area contributed by atoms with Gasteiger partial charge in [0, 0.05) is 35.2 Å². The van der Waals surface area contributed by atoms with Crippen molar-refractivity contribution in [3.63, 3.8) is 0 Å². The van der Waals surface area contributed by atoms with Crippen molar-refractivity contribution in [3.8, 4) is 5.75 Å². The zero-order valence-corrected chi connectivity index (χ0v) is 20.4. The molecule has 1 aliphatic heterocycles. The van der Waals surface area contributed by atoms with Crippen LogP contribution in [0.1, 0.15) is 42.2 Å². The summed E-state index contributed by atoms with van der Waals surface area (Å²) in [7, 11) is 1.56. The van der Waals surface area contributed by atoms with Crippen LogP contribution in [-0.4, -0.2) is 42.8 Å². The zero-order valence-electron chi connectivity index (χ0n) is 20.4. The van der Waals surface area contributed by atoms with E-state index < -0.39 is 0 Å². The van der Waals surface area contributed by atoms with Gasteiger partial charge in [0.1, 0.15) is 5.75 Å². The highest BCUT2D eigenvalue weighted by atomic mass is 16.5.